The average molecular weight is 400 g/mol. The van der Waals surface area contributed by atoms with Crippen molar-refractivity contribution in [1.82, 2.24) is 9.55 Å². The van der Waals surface area contributed by atoms with Crippen LogP contribution in [-0.4, -0.2) is 42.8 Å². The molecule has 7 nitrogen and oxygen atoms in total. The fourth-order valence-electron chi connectivity index (χ4n) is 3.69. The quantitative estimate of drug-likeness (QED) is 0.500. The molecule has 1 atom stereocenters. The Bertz CT molecular complexity index is 964. The molecule has 1 aliphatic heterocycles. The maximum absolute atomic E-state index is 12.5. The summed E-state index contributed by atoms with van der Waals surface area (Å²) in [6.07, 6.45) is 3.17. The van der Waals surface area contributed by atoms with Crippen molar-refractivity contribution in [2.45, 2.75) is 39.7 Å². The van der Waals surface area contributed by atoms with Gasteiger partial charge in [-0.05, 0) is 30.9 Å². The molecule has 0 N–H and O–H groups in total. The molecule has 156 valence electrons. The number of nitrogens with zero attached hydrogens (tertiary/aromatic N) is 2. The number of hydrogen-bond donors (Lipinski definition) is 0. The van der Waals surface area contributed by atoms with Gasteiger partial charge in [-0.2, -0.15) is 0 Å². The monoisotopic (exact) mass is 400 g/mol. The van der Waals surface area contributed by atoms with E-state index in [1.165, 1.54) is 13.0 Å². The standard InChI is InChI=1S/C22H28N2O5/c1-13(2)17-9-15-10-20(29-8-6-7-27-4)22(28-5)23-21(15)18-11-19(26)16(14(3)25)12-24(17)18/h10-13,17H,6-9H2,1-5H3/t17-/m1/s1. The van der Waals surface area contributed by atoms with E-state index >= 15 is 0 Å². The van der Waals surface area contributed by atoms with Crippen LogP contribution in [0.2, 0.25) is 0 Å². The predicted octanol–water partition coefficient (Wildman–Crippen LogP) is 3.29. The number of fused-ring (bicyclic) bond motifs is 3. The van der Waals surface area contributed by atoms with Gasteiger partial charge in [0.15, 0.2) is 17.0 Å². The highest BCUT2D eigenvalue weighted by atomic mass is 16.5. The van der Waals surface area contributed by atoms with Crippen LogP contribution in [0.15, 0.2) is 23.1 Å². The Balaban J connectivity index is 2.10. The Labute approximate surface area is 170 Å². The molecule has 0 aliphatic carbocycles. The molecule has 0 bridgehead atoms. The van der Waals surface area contributed by atoms with E-state index < -0.39 is 0 Å². The van der Waals surface area contributed by atoms with Crippen LogP contribution in [0.4, 0.5) is 0 Å². The molecule has 3 heterocycles. The van der Waals surface area contributed by atoms with Crippen molar-refractivity contribution in [2.24, 2.45) is 5.92 Å². The Kier molecular flexibility index (Phi) is 6.37. The molecule has 1 aliphatic rings. The van der Waals surface area contributed by atoms with Crippen LogP contribution in [0.25, 0.3) is 11.4 Å². The van der Waals surface area contributed by atoms with Gasteiger partial charge in [0.25, 0.3) is 5.88 Å². The van der Waals surface area contributed by atoms with Crippen molar-refractivity contribution in [3.63, 3.8) is 0 Å². The van der Waals surface area contributed by atoms with Gasteiger partial charge in [0.05, 0.1) is 30.7 Å². The molecule has 0 radical (unpaired) electrons. The molecule has 0 amide bonds. The lowest BCUT2D eigenvalue weighted by Gasteiger charge is -2.33. The first-order valence-electron chi connectivity index (χ1n) is 9.84. The number of hydrogen-bond acceptors (Lipinski definition) is 6. The molecule has 0 saturated heterocycles. The van der Waals surface area contributed by atoms with Gasteiger partial charge in [0, 0.05) is 38.4 Å². The first-order valence-corrected chi connectivity index (χ1v) is 9.84. The maximum atomic E-state index is 12.5. The molecule has 29 heavy (non-hydrogen) atoms. The van der Waals surface area contributed by atoms with Crippen LogP contribution in [0.1, 0.15) is 49.2 Å². The summed E-state index contributed by atoms with van der Waals surface area (Å²) in [5, 5.41) is 0. The summed E-state index contributed by atoms with van der Waals surface area (Å²) in [5.74, 6) is 1.03. The third-order valence-electron chi connectivity index (χ3n) is 5.23. The number of rotatable bonds is 8. The van der Waals surface area contributed by atoms with E-state index in [-0.39, 0.29) is 22.8 Å². The van der Waals surface area contributed by atoms with Gasteiger partial charge >= 0.3 is 0 Å². The second-order valence-corrected chi connectivity index (χ2v) is 7.61. The van der Waals surface area contributed by atoms with Gasteiger partial charge in [0.1, 0.15) is 0 Å². The highest BCUT2D eigenvalue weighted by Crippen LogP contribution is 2.40. The number of pyridine rings is 2. The first-order chi connectivity index (χ1) is 13.9. The minimum atomic E-state index is -0.292. The number of aromatic nitrogens is 2. The zero-order valence-corrected chi connectivity index (χ0v) is 17.7. The zero-order valence-electron chi connectivity index (χ0n) is 17.7. The van der Waals surface area contributed by atoms with Gasteiger partial charge < -0.3 is 18.8 Å². The number of Topliss-reactive ketones (excluding diaryl/α,β-unsaturated/α-hetero) is 1. The zero-order chi connectivity index (χ0) is 21.1. The van der Waals surface area contributed by atoms with E-state index in [0.29, 0.717) is 42.1 Å². The van der Waals surface area contributed by atoms with Crippen molar-refractivity contribution in [3.05, 3.63) is 39.7 Å². The normalized spacial score (nSPS) is 15.0. The Morgan fingerprint density at radius 2 is 2.03 bits per heavy atom. The van der Waals surface area contributed by atoms with Crippen LogP contribution in [-0.2, 0) is 11.2 Å². The van der Waals surface area contributed by atoms with Crippen LogP contribution in [0, 0.1) is 5.92 Å². The Morgan fingerprint density at radius 3 is 2.66 bits per heavy atom. The maximum Gasteiger partial charge on any atom is 0.257 e. The molecule has 0 fully saturated rings. The number of carbonyl (C=O) groups excluding carboxylic acids is 1. The highest BCUT2D eigenvalue weighted by Gasteiger charge is 2.30. The van der Waals surface area contributed by atoms with Crippen LogP contribution >= 0.6 is 0 Å². The van der Waals surface area contributed by atoms with E-state index in [9.17, 15) is 9.59 Å². The highest BCUT2D eigenvalue weighted by molar-refractivity contribution is 5.94. The summed E-state index contributed by atoms with van der Waals surface area (Å²) < 4.78 is 18.4. The lowest BCUT2D eigenvalue weighted by Crippen LogP contribution is -2.28. The molecule has 7 heteroatoms. The molecule has 0 aromatic carbocycles. The van der Waals surface area contributed by atoms with E-state index in [1.807, 2.05) is 10.6 Å². The third-order valence-corrected chi connectivity index (χ3v) is 5.23. The molecule has 2 aromatic rings. The Morgan fingerprint density at radius 1 is 1.28 bits per heavy atom. The van der Waals surface area contributed by atoms with E-state index in [4.69, 9.17) is 14.2 Å². The molecule has 0 spiro atoms. The van der Waals surface area contributed by atoms with Crippen molar-refractivity contribution in [2.75, 3.05) is 27.4 Å². The fourth-order valence-corrected chi connectivity index (χ4v) is 3.69. The van der Waals surface area contributed by atoms with Crippen LogP contribution < -0.4 is 14.9 Å². The van der Waals surface area contributed by atoms with Crippen molar-refractivity contribution in [3.8, 4) is 23.0 Å². The molecule has 3 rings (SSSR count). The van der Waals surface area contributed by atoms with Crippen LogP contribution in [0.3, 0.4) is 0 Å². The summed E-state index contributed by atoms with van der Waals surface area (Å²) in [6.45, 7) is 6.79. The third kappa shape index (κ3) is 4.19. The largest absolute Gasteiger partial charge is 0.488 e. The fraction of sp³-hybridized carbons (Fsp3) is 0.500. The minimum absolute atomic E-state index is 0.104. The average Bonchev–Trinajstić information content (AvgIpc) is 2.69. The van der Waals surface area contributed by atoms with Crippen molar-refractivity contribution < 1.29 is 19.0 Å². The van der Waals surface area contributed by atoms with E-state index in [0.717, 1.165) is 18.4 Å². The number of carbonyl (C=O) groups is 1. The Hall–Kier alpha value is -2.67. The predicted molar refractivity (Wildman–Crippen MR) is 110 cm³/mol. The van der Waals surface area contributed by atoms with E-state index in [1.54, 1.807) is 20.4 Å². The molecule has 0 unspecified atom stereocenters. The summed E-state index contributed by atoms with van der Waals surface area (Å²) >= 11 is 0. The van der Waals surface area contributed by atoms with Gasteiger partial charge in [-0.3, -0.25) is 9.59 Å². The summed E-state index contributed by atoms with van der Waals surface area (Å²) in [7, 11) is 3.20. The van der Waals surface area contributed by atoms with Crippen molar-refractivity contribution >= 4 is 5.78 Å². The van der Waals surface area contributed by atoms with Crippen molar-refractivity contribution in [1.29, 1.82) is 0 Å². The smallest absolute Gasteiger partial charge is 0.257 e. The van der Waals surface area contributed by atoms with Crippen LogP contribution in [0.5, 0.6) is 11.6 Å². The SMILES string of the molecule is COCCCOc1cc2c(nc1OC)-c1cc(=O)c(C(C)=O)cn1[C@@H](C(C)C)C2. The first kappa shape index (κ1) is 21.0. The lowest BCUT2D eigenvalue weighted by atomic mass is 9.89. The number of ketones is 1. The topological polar surface area (TPSA) is 79.7 Å². The van der Waals surface area contributed by atoms with Gasteiger partial charge in [-0.1, -0.05) is 13.8 Å². The summed E-state index contributed by atoms with van der Waals surface area (Å²) in [5.41, 5.74) is 2.30. The second-order valence-electron chi connectivity index (χ2n) is 7.61. The minimum Gasteiger partial charge on any atom is -0.488 e. The number of methoxy groups -OCH3 is 2. The molecular formula is C22H28N2O5. The summed E-state index contributed by atoms with van der Waals surface area (Å²) in [4.78, 5) is 29.1. The summed E-state index contributed by atoms with van der Waals surface area (Å²) in [6, 6.07) is 3.57. The molecule has 2 aromatic heterocycles. The molecule has 0 saturated carbocycles. The second kappa shape index (κ2) is 8.78. The number of ether oxygens (including phenoxy) is 3. The lowest BCUT2D eigenvalue weighted by molar-refractivity contribution is 0.101. The molecular weight excluding hydrogens is 372 g/mol. The van der Waals surface area contributed by atoms with Gasteiger partial charge in [-0.15, -0.1) is 0 Å². The van der Waals surface area contributed by atoms with Gasteiger partial charge in [-0.25, -0.2) is 4.98 Å². The van der Waals surface area contributed by atoms with Gasteiger partial charge in [0.2, 0.25) is 0 Å². The van der Waals surface area contributed by atoms with E-state index in [2.05, 4.69) is 18.8 Å².